The summed E-state index contributed by atoms with van der Waals surface area (Å²) < 4.78 is 39.1. The highest BCUT2D eigenvalue weighted by molar-refractivity contribution is 5.92. The summed E-state index contributed by atoms with van der Waals surface area (Å²) in [5.74, 6) is 0.956. The number of amides is 2. The summed E-state index contributed by atoms with van der Waals surface area (Å²) in [6, 6.07) is 16.4. The first-order chi connectivity index (χ1) is 19.2. The minimum absolute atomic E-state index is 0.126. The number of hydrogen-bond acceptors (Lipinski definition) is 7. The maximum atomic E-state index is 13.0. The Balaban J connectivity index is 1.32. The highest BCUT2D eigenvalue weighted by Gasteiger charge is 2.30. The number of nitrogens with zero attached hydrogens (tertiary/aromatic N) is 4. The average molecular weight is 556 g/mol. The molecule has 0 unspecified atom stereocenters. The summed E-state index contributed by atoms with van der Waals surface area (Å²) in [6.07, 6.45) is -4.36. The number of nitrogens with one attached hydrogen (secondary N) is 3. The highest BCUT2D eigenvalue weighted by Crippen LogP contribution is 2.30. The van der Waals surface area contributed by atoms with Gasteiger partial charge in [-0.1, -0.05) is 48.5 Å². The van der Waals surface area contributed by atoms with Gasteiger partial charge in [0.2, 0.25) is 11.8 Å². The van der Waals surface area contributed by atoms with Crippen LogP contribution in [0.3, 0.4) is 0 Å². The lowest BCUT2D eigenvalue weighted by Crippen LogP contribution is -2.48. The van der Waals surface area contributed by atoms with Gasteiger partial charge in [0, 0.05) is 64.4 Å². The van der Waals surface area contributed by atoms with Crippen LogP contribution in [0.25, 0.3) is 11.4 Å². The van der Waals surface area contributed by atoms with E-state index in [4.69, 9.17) is 0 Å². The Labute approximate surface area is 230 Å². The van der Waals surface area contributed by atoms with Crippen molar-refractivity contribution < 1.29 is 22.8 Å². The van der Waals surface area contributed by atoms with Crippen molar-refractivity contribution in [3.63, 3.8) is 0 Å². The maximum absolute atomic E-state index is 13.0. The van der Waals surface area contributed by atoms with E-state index in [0.29, 0.717) is 68.8 Å². The molecule has 3 aromatic rings. The molecule has 4 rings (SSSR count). The van der Waals surface area contributed by atoms with Gasteiger partial charge in [0.05, 0.1) is 12.1 Å². The number of anilines is 2. The van der Waals surface area contributed by atoms with E-state index >= 15 is 0 Å². The third-order valence-electron chi connectivity index (χ3n) is 6.32. The van der Waals surface area contributed by atoms with Gasteiger partial charge in [-0.15, -0.1) is 0 Å². The number of carbonyl (C=O) groups is 2. The summed E-state index contributed by atoms with van der Waals surface area (Å²) in [6.45, 7) is 5.39. The topological polar surface area (TPSA) is 102 Å². The molecule has 0 atom stereocenters. The van der Waals surface area contributed by atoms with Crippen molar-refractivity contribution in [1.29, 1.82) is 0 Å². The third kappa shape index (κ3) is 8.75. The van der Waals surface area contributed by atoms with Crippen LogP contribution in [0, 0.1) is 0 Å². The molecule has 0 saturated carbocycles. The summed E-state index contributed by atoms with van der Waals surface area (Å²) in [7, 11) is 0. The second-order valence-corrected chi connectivity index (χ2v) is 9.54. The van der Waals surface area contributed by atoms with Crippen molar-refractivity contribution in [2.24, 2.45) is 0 Å². The predicted octanol–water partition coefficient (Wildman–Crippen LogP) is 3.47. The molecule has 2 amide bonds. The monoisotopic (exact) mass is 555 g/mol. The normalized spacial score (nSPS) is 14.5. The number of aromatic nitrogens is 2. The minimum Gasteiger partial charge on any atom is -0.368 e. The van der Waals surface area contributed by atoms with Crippen LogP contribution in [-0.4, -0.2) is 77.4 Å². The van der Waals surface area contributed by atoms with Crippen LogP contribution in [0.1, 0.15) is 18.1 Å². The van der Waals surface area contributed by atoms with Crippen molar-refractivity contribution in [2.45, 2.75) is 19.6 Å². The zero-order valence-corrected chi connectivity index (χ0v) is 22.2. The van der Waals surface area contributed by atoms with E-state index in [1.807, 2.05) is 35.2 Å². The van der Waals surface area contributed by atoms with Crippen LogP contribution in [-0.2, 0) is 22.3 Å². The lowest BCUT2D eigenvalue weighted by Gasteiger charge is -2.34. The molecule has 3 N–H and O–H groups in total. The summed E-state index contributed by atoms with van der Waals surface area (Å²) in [5, 5.41) is 8.71. The lowest BCUT2D eigenvalue weighted by molar-refractivity contribution is -0.137. The zero-order valence-electron chi connectivity index (χ0n) is 22.2. The third-order valence-corrected chi connectivity index (χ3v) is 6.32. The standard InChI is InChI=1S/C28H32F3N7O2/c1-20(39)32-10-11-33-24-17-25(36-27(35-24)22-7-3-2-4-8-22)34-26(40)19-38-14-12-37(13-15-38)18-21-6-5-9-23(16-21)28(29,30)31/h2-9,16-17H,10-15,18-19H2,1H3,(H,32,39)(H2,33,34,35,36,40). The first-order valence-electron chi connectivity index (χ1n) is 13.0. The predicted molar refractivity (Wildman–Crippen MR) is 146 cm³/mol. The van der Waals surface area contributed by atoms with E-state index in [0.717, 1.165) is 11.6 Å². The fourth-order valence-electron chi connectivity index (χ4n) is 4.34. The highest BCUT2D eigenvalue weighted by atomic mass is 19.4. The molecule has 1 saturated heterocycles. The molecule has 0 spiro atoms. The number of benzene rings is 2. The summed E-state index contributed by atoms with van der Waals surface area (Å²) in [4.78, 5) is 37.1. The SMILES string of the molecule is CC(=O)NCCNc1cc(NC(=O)CN2CCN(Cc3cccc(C(F)(F)F)c3)CC2)nc(-c2ccccc2)n1. The Hall–Kier alpha value is -4.03. The van der Waals surface area contributed by atoms with Crippen LogP contribution < -0.4 is 16.0 Å². The lowest BCUT2D eigenvalue weighted by atomic mass is 10.1. The Morgan fingerprint density at radius 2 is 1.57 bits per heavy atom. The smallest absolute Gasteiger partial charge is 0.368 e. The summed E-state index contributed by atoms with van der Waals surface area (Å²) >= 11 is 0. The van der Waals surface area contributed by atoms with E-state index in [-0.39, 0.29) is 18.4 Å². The van der Waals surface area contributed by atoms with E-state index in [2.05, 4.69) is 30.8 Å². The Morgan fingerprint density at radius 3 is 2.27 bits per heavy atom. The average Bonchev–Trinajstić information content (AvgIpc) is 2.92. The largest absolute Gasteiger partial charge is 0.416 e. The molecule has 12 heteroatoms. The van der Waals surface area contributed by atoms with Gasteiger partial charge in [-0.3, -0.25) is 19.4 Å². The number of hydrogen-bond donors (Lipinski definition) is 3. The van der Waals surface area contributed by atoms with Crippen molar-refractivity contribution >= 4 is 23.5 Å². The van der Waals surface area contributed by atoms with Crippen molar-refractivity contribution in [1.82, 2.24) is 25.1 Å². The number of rotatable bonds is 10. The molecule has 1 aliphatic heterocycles. The van der Waals surface area contributed by atoms with Gasteiger partial charge >= 0.3 is 6.18 Å². The minimum atomic E-state index is -4.36. The van der Waals surface area contributed by atoms with E-state index in [9.17, 15) is 22.8 Å². The molecule has 2 aromatic carbocycles. The van der Waals surface area contributed by atoms with Crippen LogP contribution in [0.5, 0.6) is 0 Å². The van der Waals surface area contributed by atoms with Gasteiger partial charge in [0.1, 0.15) is 11.6 Å². The number of piperazine rings is 1. The first kappa shape index (κ1) is 29.0. The van der Waals surface area contributed by atoms with Crippen molar-refractivity contribution in [3.8, 4) is 11.4 Å². The summed E-state index contributed by atoms with van der Waals surface area (Å²) in [5.41, 5.74) is 0.757. The van der Waals surface area contributed by atoms with E-state index < -0.39 is 11.7 Å². The fourth-order valence-corrected chi connectivity index (χ4v) is 4.34. The molecule has 1 aromatic heterocycles. The molecular formula is C28H32F3N7O2. The van der Waals surface area contributed by atoms with Gasteiger partial charge in [-0.2, -0.15) is 13.2 Å². The molecule has 9 nitrogen and oxygen atoms in total. The Morgan fingerprint density at radius 1 is 0.875 bits per heavy atom. The molecule has 2 heterocycles. The van der Waals surface area contributed by atoms with E-state index in [1.165, 1.54) is 19.1 Å². The van der Waals surface area contributed by atoms with Crippen LogP contribution >= 0.6 is 0 Å². The van der Waals surface area contributed by atoms with Crippen LogP contribution in [0.4, 0.5) is 24.8 Å². The Kier molecular flexibility index (Phi) is 9.67. The second-order valence-electron chi connectivity index (χ2n) is 9.54. The van der Waals surface area contributed by atoms with Gasteiger partial charge < -0.3 is 16.0 Å². The van der Waals surface area contributed by atoms with Gasteiger partial charge in [0.25, 0.3) is 0 Å². The number of alkyl halides is 3. The van der Waals surface area contributed by atoms with Crippen molar-refractivity contribution in [2.75, 3.05) is 56.4 Å². The molecule has 212 valence electrons. The molecule has 1 aliphatic rings. The molecule has 0 bridgehead atoms. The first-order valence-corrected chi connectivity index (χ1v) is 13.0. The quantitative estimate of drug-likeness (QED) is 0.329. The maximum Gasteiger partial charge on any atom is 0.416 e. The molecule has 1 fully saturated rings. The van der Waals surface area contributed by atoms with Gasteiger partial charge in [0.15, 0.2) is 5.82 Å². The zero-order chi connectivity index (χ0) is 28.5. The van der Waals surface area contributed by atoms with E-state index in [1.54, 1.807) is 12.1 Å². The molecule has 0 radical (unpaired) electrons. The van der Waals surface area contributed by atoms with Crippen molar-refractivity contribution in [3.05, 3.63) is 71.8 Å². The number of carbonyl (C=O) groups excluding carboxylic acids is 2. The van der Waals surface area contributed by atoms with Gasteiger partial charge in [-0.05, 0) is 11.6 Å². The fraction of sp³-hybridized carbons (Fsp3) is 0.357. The number of halogens is 3. The van der Waals surface area contributed by atoms with Gasteiger partial charge in [-0.25, -0.2) is 9.97 Å². The van der Waals surface area contributed by atoms with Crippen LogP contribution in [0.2, 0.25) is 0 Å². The molecular weight excluding hydrogens is 523 g/mol. The molecule has 40 heavy (non-hydrogen) atoms. The second kappa shape index (κ2) is 13.4. The molecule has 0 aliphatic carbocycles. The Bertz CT molecular complexity index is 1300. The van der Waals surface area contributed by atoms with Crippen LogP contribution in [0.15, 0.2) is 60.7 Å².